The Bertz CT molecular complexity index is 563. The summed E-state index contributed by atoms with van der Waals surface area (Å²) in [5.41, 5.74) is 0.835. The lowest BCUT2D eigenvalue weighted by atomic mass is 10.2. The zero-order valence-electron chi connectivity index (χ0n) is 11.5. The third kappa shape index (κ3) is 3.57. The first kappa shape index (κ1) is 14.0. The van der Waals surface area contributed by atoms with Gasteiger partial charge in [-0.15, -0.1) is 10.2 Å². The highest BCUT2D eigenvalue weighted by atomic mass is 16.5. The topological polar surface area (TPSA) is 77.2 Å². The first-order chi connectivity index (χ1) is 9.72. The number of methoxy groups -OCH3 is 1. The second-order valence-electron chi connectivity index (χ2n) is 4.18. The third-order valence-electron chi connectivity index (χ3n) is 2.79. The van der Waals surface area contributed by atoms with Crippen LogP contribution in [0.1, 0.15) is 19.2 Å². The average molecular weight is 275 g/mol. The molecule has 0 radical (unpaired) electrons. The van der Waals surface area contributed by atoms with Crippen LogP contribution in [-0.4, -0.2) is 29.8 Å². The molecule has 1 aromatic heterocycles. The lowest BCUT2D eigenvalue weighted by molar-refractivity contribution is -0.120. The van der Waals surface area contributed by atoms with Gasteiger partial charge in [-0.1, -0.05) is 6.92 Å². The lowest BCUT2D eigenvalue weighted by Gasteiger charge is -2.00. The fourth-order valence-corrected chi connectivity index (χ4v) is 1.64. The Labute approximate surface area is 117 Å². The maximum absolute atomic E-state index is 11.1. The van der Waals surface area contributed by atoms with E-state index < -0.39 is 0 Å². The summed E-state index contributed by atoms with van der Waals surface area (Å²) >= 11 is 0. The molecular formula is C14H17N3O3. The number of amides is 1. The summed E-state index contributed by atoms with van der Waals surface area (Å²) < 4.78 is 10.6. The van der Waals surface area contributed by atoms with Crippen molar-refractivity contribution in [2.45, 2.75) is 19.8 Å². The Balaban J connectivity index is 1.95. The molecule has 106 valence electrons. The minimum Gasteiger partial charge on any atom is -0.497 e. The van der Waals surface area contributed by atoms with E-state index in [0.717, 1.165) is 11.3 Å². The van der Waals surface area contributed by atoms with Gasteiger partial charge in [0.2, 0.25) is 17.7 Å². The van der Waals surface area contributed by atoms with Crippen molar-refractivity contribution in [3.05, 3.63) is 30.2 Å². The number of hydrogen-bond donors (Lipinski definition) is 1. The van der Waals surface area contributed by atoms with Crippen LogP contribution in [0.25, 0.3) is 11.5 Å². The first-order valence-corrected chi connectivity index (χ1v) is 6.46. The molecular weight excluding hydrogens is 258 g/mol. The van der Waals surface area contributed by atoms with Gasteiger partial charge in [0.15, 0.2) is 0 Å². The van der Waals surface area contributed by atoms with Crippen LogP contribution >= 0.6 is 0 Å². The number of carbonyl (C=O) groups excluding carboxylic acids is 1. The Morgan fingerprint density at radius 2 is 2.05 bits per heavy atom. The number of hydrogen-bond acceptors (Lipinski definition) is 5. The fourth-order valence-electron chi connectivity index (χ4n) is 1.64. The monoisotopic (exact) mass is 275 g/mol. The Morgan fingerprint density at radius 1 is 1.30 bits per heavy atom. The highest BCUT2D eigenvalue weighted by Crippen LogP contribution is 2.21. The van der Waals surface area contributed by atoms with Crippen LogP contribution in [0.3, 0.4) is 0 Å². The van der Waals surface area contributed by atoms with Gasteiger partial charge in [0, 0.05) is 24.9 Å². The van der Waals surface area contributed by atoms with E-state index in [1.165, 1.54) is 0 Å². The summed E-state index contributed by atoms with van der Waals surface area (Å²) in [6.07, 6.45) is 0.996. The summed E-state index contributed by atoms with van der Waals surface area (Å²) in [6, 6.07) is 7.38. The van der Waals surface area contributed by atoms with Crippen molar-refractivity contribution in [3.63, 3.8) is 0 Å². The van der Waals surface area contributed by atoms with Crippen molar-refractivity contribution in [2.24, 2.45) is 0 Å². The number of ether oxygens (including phenoxy) is 1. The van der Waals surface area contributed by atoms with Gasteiger partial charge in [0.05, 0.1) is 7.11 Å². The smallest absolute Gasteiger partial charge is 0.247 e. The van der Waals surface area contributed by atoms with Crippen molar-refractivity contribution in [1.82, 2.24) is 15.5 Å². The van der Waals surface area contributed by atoms with E-state index in [1.54, 1.807) is 7.11 Å². The second-order valence-corrected chi connectivity index (χ2v) is 4.18. The van der Waals surface area contributed by atoms with E-state index in [9.17, 15) is 4.79 Å². The minimum atomic E-state index is 0.0138. The summed E-state index contributed by atoms with van der Waals surface area (Å²) in [7, 11) is 1.62. The van der Waals surface area contributed by atoms with Gasteiger partial charge in [-0.2, -0.15) is 0 Å². The molecule has 1 N–H and O–H groups in total. The molecule has 0 fully saturated rings. The standard InChI is InChI=1S/C14H17N3O3/c1-3-12(18)15-9-8-13-16-17-14(20-13)10-4-6-11(19-2)7-5-10/h4-7H,3,8-9H2,1-2H3,(H,15,18). The molecule has 0 atom stereocenters. The fraction of sp³-hybridized carbons (Fsp3) is 0.357. The second kappa shape index (κ2) is 6.70. The van der Waals surface area contributed by atoms with Gasteiger partial charge in [-0.25, -0.2) is 0 Å². The van der Waals surface area contributed by atoms with Crippen LogP contribution < -0.4 is 10.1 Å². The van der Waals surface area contributed by atoms with Crippen molar-refractivity contribution in [2.75, 3.05) is 13.7 Å². The summed E-state index contributed by atoms with van der Waals surface area (Å²) in [5, 5.41) is 10.7. The first-order valence-electron chi connectivity index (χ1n) is 6.46. The molecule has 2 aromatic rings. The van der Waals surface area contributed by atoms with E-state index in [2.05, 4.69) is 15.5 Å². The van der Waals surface area contributed by atoms with Crippen molar-refractivity contribution in [3.8, 4) is 17.2 Å². The molecule has 0 bridgehead atoms. The third-order valence-corrected chi connectivity index (χ3v) is 2.79. The van der Waals surface area contributed by atoms with Gasteiger partial charge >= 0.3 is 0 Å². The number of aromatic nitrogens is 2. The quantitative estimate of drug-likeness (QED) is 0.870. The van der Waals surface area contributed by atoms with E-state index in [4.69, 9.17) is 9.15 Å². The molecule has 0 aliphatic heterocycles. The van der Waals surface area contributed by atoms with Crippen molar-refractivity contribution < 1.29 is 13.9 Å². The summed E-state index contributed by atoms with van der Waals surface area (Å²) in [6.45, 7) is 2.31. The molecule has 0 aliphatic rings. The Hall–Kier alpha value is -2.37. The van der Waals surface area contributed by atoms with Gasteiger partial charge < -0.3 is 14.5 Å². The summed E-state index contributed by atoms with van der Waals surface area (Å²) in [4.78, 5) is 11.1. The molecule has 1 aromatic carbocycles. The van der Waals surface area contributed by atoms with Gasteiger partial charge in [0.1, 0.15) is 5.75 Å². The summed E-state index contributed by atoms with van der Waals surface area (Å²) in [5.74, 6) is 1.76. The molecule has 2 rings (SSSR count). The van der Waals surface area contributed by atoms with Crippen LogP contribution in [-0.2, 0) is 11.2 Å². The van der Waals surface area contributed by atoms with Gasteiger partial charge in [-0.3, -0.25) is 4.79 Å². The van der Waals surface area contributed by atoms with Crippen molar-refractivity contribution >= 4 is 5.91 Å². The number of benzene rings is 1. The molecule has 0 saturated heterocycles. The number of nitrogens with one attached hydrogen (secondary N) is 1. The SMILES string of the molecule is CCC(=O)NCCc1nnc(-c2ccc(OC)cc2)o1. The molecule has 6 heteroatoms. The minimum absolute atomic E-state index is 0.0138. The normalized spacial score (nSPS) is 10.3. The van der Waals surface area contributed by atoms with E-state index >= 15 is 0 Å². The van der Waals surface area contributed by atoms with E-state index in [-0.39, 0.29) is 5.91 Å². The van der Waals surface area contributed by atoms with E-state index in [0.29, 0.717) is 31.2 Å². The van der Waals surface area contributed by atoms with Crippen LogP contribution in [0.15, 0.2) is 28.7 Å². The number of carbonyl (C=O) groups is 1. The molecule has 0 spiro atoms. The highest BCUT2D eigenvalue weighted by molar-refractivity contribution is 5.75. The number of nitrogens with zero attached hydrogens (tertiary/aromatic N) is 2. The molecule has 0 aliphatic carbocycles. The molecule has 1 heterocycles. The molecule has 20 heavy (non-hydrogen) atoms. The average Bonchev–Trinajstić information content (AvgIpc) is 2.96. The van der Waals surface area contributed by atoms with Crippen LogP contribution in [0, 0.1) is 0 Å². The highest BCUT2D eigenvalue weighted by Gasteiger charge is 2.08. The molecule has 0 unspecified atom stereocenters. The molecule has 1 amide bonds. The zero-order valence-corrected chi connectivity index (χ0v) is 11.5. The predicted molar refractivity (Wildman–Crippen MR) is 73.3 cm³/mol. The maximum atomic E-state index is 11.1. The van der Waals surface area contributed by atoms with Gasteiger partial charge in [-0.05, 0) is 24.3 Å². The van der Waals surface area contributed by atoms with Crippen LogP contribution in [0.5, 0.6) is 5.75 Å². The number of rotatable bonds is 6. The molecule has 0 saturated carbocycles. The van der Waals surface area contributed by atoms with Gasteiger partial charge in [0.25, 0.3) is 0 Å². The van der Waals surface area contributed by atoms with Crippen LogP contribution in [0.2, 0.25) is 0 Å². The molecule has 6 nitrogen and oxygen atoms in total. The largest absolute Gasteiger partial charge is 0.497 e. The van der Waals surface area contributed by atoms with Crippen LogP contribution in [0.4, 0.5) is 0 Å². The predicted octanol–water partition coefficient (Wildman–Crippen LogP) is 1.81. The van der Waals surface area contributed by atoms with E-state index in [1.807, 2.05) is 31.2 Å². The maximum Gasteiger partial charge on any atom is 0.247 e. The lowest BCUT2D eigenvalue weighted by Crippen LogP contribution is -2.24. The van der Waals surface area contributed by atoms with Crippen molar-refractivity contribution in [1.29, 1.82) is 0 Å². The Kier molecular flexibility index (Phi) is 4.70. The zero-order chi connectivity index (χ0) is 14.4. The Morgan fingerprint density at radius 3 is 2.70 bits per heavy atom.